The lowest BCUT2D eigenvalue weighted by molar-refractivity contribution is -0.0585. The monoisotopic (exact) mass is 355 g/mol. The minimum Gasteiger partial charge on any atom is -0.493 e. The van der Waals surface area contributed by atoms with Crippen LogP contribution in [0.4, 0.5) is 0 Å². The minimum absolute atomic E-state index is 0.0580. The van der Waals surface area contributed by atoms with Crippen molar-refractivity contribution >= 4 is 17.8 Å². The van der Waals surface area contributed by atoms with E-state index in [2.05, 4.69) is 0 Å². The van der Waals surface area contributed by atoms with E-state index in [1.807, 2.05) is 0 Å². The molecule has 0 saturated carbocycles. The summed E-state index contributed by atoms with van der Waals surface area (Å²) in [7, 11) is 1.42. The fourth-order valence-corrected chi connectivity index (χ4v) is 2.78. The predicted octanol–water partition coefficient (Wildman–Crippen LogP) is 1.83. The number of imide groups is 1. The zero-order valence-corrected chi connectivity index (χ0v) is 13.7. The molecule has 8 heteroatoms. The summed E-state index contributed by atoms with van der Waals surface area (Å²) in [6.45, 7) is 0.690. The van der Waals surface area contributed by atoms with Crippen LogP contribution in [0.15, 0.2) is 36.4 Å². The summed E-state index contributed by atoms with van der Waals surface area (Å²) in [5.74, 6) is -1.28. The quantitative estimate of drug-likeness (QED) is 0.776. The highest BCUT2D eigenvalue weighted by Crippen LogP contribution is 2.40. The molecule has 2 aliphatic heterocycles. The summed E-state index contributed by atoms with van der Waals surface area (Å²) in [4.78, 5) is 42.1. The van der Waals surface area contributed by atoms with Crippen molar-refractivity contribution in [3.63, 3.8) is 0 Å². The highest BCUT2D eigenvalue weighted by molar-refractivity contribution is 6.21. The van der Waals surface area contributed by atoms with Crippen molar-refractivity contribution in [2.24, 2.45) is 0 Å². The van der Waals surface area contributed by atoms with Crippen LogP contribution in [0.3, 0.4) is 0 Å². The molecule has 2 aromatic rings. The fraction of sp³-hybridized carbons (Fsp3) is 0.167. The Morgan fingerprint density at radius 2 is 1.69 bits per heavy atom. The van der Waals surface area contributed by atoms with Gasteiger partial charge < -0.3 is 19.0 Å². The SMILES string of the molecule is COc1cc(C(=O)ON2C(=O)c3ccccc3C2=O)cc2c1OCCO2. The number of fused-ring (bicyclic) bond motifs is 2. The molecule has 2 aliphatic rings. The average molecular weight is 355 g/mol. The number of nitrogens with zero attached hydrogens (tertiary/aromatic N) is 1. The third-order valence-corrected chi connectivity index (χ3v) is 3.99. The summed E-state index contributed by atoms with van der Waals surface area (Å²) in [6, 6.07) is 9.06. The van der Waals surface area contributed by atoms with Gasteiger partial charge >= 0.3 is 5.97 Å². The fourth-order valence-electron chi connectivity index (χ4n) is 2.78. The second-order valence-electron chi connectivity index (χ2n) is 5.53. The van der Waals surface area contributed by atoms with Crippen LogP contribution in [-0.4, -0.2) is 43.2 Å². The first-order valence-electron chi connectivity index (χ1n) is 7.78. The number of amides is 2. The number of carbonyl (C=O) groups excluding carboxylic acids is 3. The summed E-state index contributed by atoms with van der Waals surface area (Å²) >= 11 is 0. The molecule has 0 aromatic heterocycles. The zero-order chi connectivity index (χ0) is 18.3. The Labute approximate surface area is 147 Å². The average Bonchev–Trinajstić information content (AvgIpc) is 2.92. The van der Waals surface area contributed by atoms with E-state index in [4.69, 9.17) is 19.0 Å². The van der Waals surface area contributed by atoms with E-state index in [0.29, 0.717) is 29.8 Å². The molecule has 0 spiro atoms. The molecule has 0 saturated heterocycles. The second-order valence-corrected chi connectivity index (χ2v) is 5.53. The van der Waals surface area contributed by atoms with Crippen LogP contribution < -0.4 is 14.2 Å². The minimum atomic E-state index is -0.894. The summed E-state index contributed by atoms with van der Waals surface area (Å²) in [6.07, 6.45) is 0. The first kappa shape index (κ1) is 15.9. The maximum Gasteiger partial charge on any atom is 0.364 e. The molecule has 26 heavy (non-hydrogen) atoms. The van der Waals surface area contributed by atoms with E-state index in [1.54, 1.807) is 12.1 Å². The number of hydroxylamine groups is 2. The molecule has 0 bridgehead atoms. The van der Waals surface area contributed by atoms with Crippen molar-refractivity contribution in [2.45, 2.75) is 0 Å². The van der Waals surface area contributed by atoms with E-state index in [9.17, 15) is 14.4 Å². The highest BCUT2D eigenvalue weighted by Gasteiger charge is 2.39. The van der Waals surface area contributed by atoms with Gasteiger partial charge in [-0.25, -0.2) is 4.79 Å². The molecule has 0 N–H and O–H groups in total. The van der Waals surface area contributed by atoms with Gasteiger partial charge in [-0.05, 0) is 24.3 Å². The van der Waals surface area contributed by atoms with Gasteiger partial charge in [0.25, 0.3) is 11.8 Å². The number of ether oxygens (including phenoxy) is 3. The summed E-state index contributed by atoms with van der Waals surface area (Å²) < 4.78 is 16.1. The highest BCUT2D eigenvalue weighted by atomic mass is 16.7. The number of rotatable bonds is 3. The topological polar surface area (TPSA) is 91.4 Å². The molecule has 0 radical (unpaired) electrons. The smallest absolute Gasteiger partial charge is 0.364 e. The molecular formula is C18H13NO7. The van der Waals surface area contributed by atoms with Gasteiger partial charge in [0.2, 0.25) is 5.75 Å². The lowest BCUT2D eigenvalue weighted by Gasteiger charge is -2.21. The van der Waals surface area contributed by atoms with Gasteiger partial charge in [0.05, 0.1) is 23.8 Å². The Balaban J connectivity index is 1.62. The third kappa shape index (κ3) is 2.43. The van der Waals surface area contributed by atoms with Crippen molar-refractivity contribution in [2.75, 3.05) is 20.3 Å². The van der Waals surface area contributed by atoms with E-state index < -0.39 is 17.8 Å². The number of benzene rings is 2. The van der Waals surface area contributed by atoms with E-state index >= 15 is 0 Å². The number of hydrogen-bond acceptors (Lipinski definition) is 7. The molecule has 0 unspecified atom stereocenters. The van der Waals surface area contributed by atoms with Gasteiger partial charge in [0.1, 0.15) is 13.2 Å². The van der Waals surface area contributed by atoms with Crippen LogP contribution in [0.25, 0.3) is 0 Å². The van der Waals surface area contributed by atoms with E-state index in [0.717, 1.165) is 0 Å². The van der Waals surface area contributed by atoms with Crippen molar-refractivity contribution in [3.05, 3.63) is 53.1 Å². The van der Waals surface area contributed by atoms with Crippen LogP contribution >= 0.6 is 0 Å². The number of methoxy groups -OCH3 is 1. The van der Waals surface area contributed by atoms with Crippen molar-refractivity contribution < 1.29 is 33.4 Å². The standard InChI is InChI=1S/C18H13NO7/c1-23-13-8-10(9-14-15(13)25-7-6-24-14)18(22)26-19-16(20)11-4-2-3-5-12(11)17(19)21/h2-5,8-9H,6-7H2,1H3. The van der Waals surface area contributed by atoms with Gasteiger partial charge in [-0.1, -0.05) is 17.2 Å². The number of hydrogen-bond donors (Lipinski definition) is 0. The van der Waals surface area contributed by atoms with Crippen LogP contribution in [0.1, 0.15) is 31.1 Å². The van der Waals surface area contributed by atoms with Gasteiger partial charge in [0.15, 0.2) is 11.5 Å². The molecule has 2 aromatic carbocycles. The summed E-state index contributed by atoms with van der Waals surface area (Å²) in [5, 5.41) is 0.455. The molecule has 2 amide bonds. The Morgan fingerprint density at radius 3 is 2.35 bits per heavy atom. The van der Waals surface area contributed by atoms with Crippen LogP contribution in [0, 0.1) is 0 Å². The lowest BCUT2D eigenvalue weighted by Crippen LogP contribution is -2.32. The zero-order valence-electron chi connectivity index (χ0n) is 13.7. The maximum absolute atomic E-state index is 12.5. The van der Waals surface area contributed by atoms with Gasteiger partial charge in [0, 0.05) is 0 Å². The molecule has 8 nitrogen and oxygen atoms in total. The Kier molecular flexibility index (Phi) is 3.72. The normalized spacial score (nSPS) is 14.9. The first-order valence-corrected chi connectivity index (χ1v) is 7.78. The largest absolute Gasteiger partial charge is 0.493 e. The van der Waals surface area contributed by atoms with Crippen LogP contribution in [-0.2, 0) is 4.84 Å². The Morgan fingerprint density at radius 1 is 1.04 bits per heavy atom. The predicted molar refractivity (Wildman–Crippen MR) is 86.3 cm³/mol. The van der Waals surface area contributed by atoms with E-state index in [-0.39, 0.29) is 22.4 Å². The molecule has 4 rings (SSSR count). The van der Waals surface area contributed by atoms with Crippen LogP contribution in [0.5, 0.6) is 17.2 Å². The molecule has 0 atom stereocenters. The maximum atomic E-state index is 12.5. The number of carbonyl (C=O) groups is 3. The second kappa shape index (κ2) is 6.07. The first-order chi connectivity index (χ1) is 12.6. The molecule has 0 aliphatic carbocycles. The molecule has 0 fully saturated rings. The van der Waals surface area contributed by atoms with Crippen LogP contribution in [0.2, 0.25) is 0 Å². The Hall–Kier alpha value is -3.55. The molecular weight excluding hydrogens is 342 g/mol. The molecule has 132 valence electrons. The van der Waals surface area contributed by atoms with E-state index in [1.165, 1.54) is 31.4 Å². The van der Waals surface area contributed by atoms with Crippen molar-refractivity contribution in [1.82, 2.24) is 5.06 Å². The van der Waals surface area contributed by atoms with Crippen molar-refractivity contribution in [1.29, 1.82) is 0 Å². The Bertz CT molecular complexity index is 885. The lowest BCUT2D eigenvalue weighted by atomic mass is 10.1. The third-order valence-electron chi connectivity index (χ3n) is 3.99. The van der Waals surface area contributed by atoms with Gasteiger partial charge in [-0.2, -0.15) is 0 Å². The van der Waals surface area contributed by atoms with Gasteiger partial charge in [-0.3, -0.25) is 9.59 Å². The van der Waals surface area contributed by atoms with Gasteiger partial charge in [-0.15, -0.1) is 0 Å². The van der Waals surface area contributed by atoms with Crippen molar-refractivity contribution in [3.8, 4) is 17.2 Å². The molecule has 2 heterocycles. The summed E-state index contributed by atoms with van der Waals surface area (Å²) in [5.41, 5.74) is 0.428.